The number of likely N-dealkylation sites (tertiary alicyclic amines) is 1. The Bertz CT molecular complexity index is 446. The van der Waals surface area contributed by atoms with Crippen LogP contribution in [-0.2, 0) is 5.62 Å². The molecule has 0 spiro atoms. The van der Waals surface area contributed by atoms with Crippen molar-refractivity contribution in [3.63, 3.8) is 0 Å². The van der Waals surface area contributed by atoms with E-state index in [4.69, 9.17) is 13.6 Å². The lowest BCUT2D eigenvalue weighted by Crippen LogP contribution is -2.58. The fourth-order valence-electron chi connectivity index (χ4n) is 1.92. The normalized spacial score (nSPS) is 17.2. The average molecular weight is 291 g/mol. The molecule has 2 rings (SSSR count). The highest BCUT2D eigenvalue weighted by Crippen LogP contribution is 2.28. The highest BCUT2D eigenvalue weighted by Gasteiger charge is 2.38. The number of aliphatic hydroxyl groups is 1. The first-order valence-corrected chi connectivity index (χ1v) is 7.45. The number of pyridine rings is 1. The van der Waals surface area contributed by atoms with Crippen molar-refractivity contribution in [2.75, 3.05) is 13.1 Å². The molecule has 1 aromatic heterocycles. The molecule has 2 radical (unpaired) electrons. The van der Waals surface area contributed by atoms with E-state index < -0.39 is 11.5 Å². The molecule has 6 heteroatoms. The average Bonchev–Trinajstić information content (AvgIpc) is 2.48. The second-order valence-electron chi connectivity index (χ2n) is 4.51. The van der Waals surface area contributed by atoms with E-state index in [0.717, 1.165) is 0 Å². The Labute approximate surface area is 129 Å². The van der Waals surface area contributed by atoms with Crippen LogP contribution in [0.1, 0.15) is 50.8 Å². The van der Waals surface area contributed by atoms with E-state index in [0.29, 0.717) is 19.0 Å². The Balaban J connectivity index is 0.000000921. The number of aromatic nitrogens is 1. The van der Waals surface area contributed by atoms with Gasteiger partial charge >= 0.3 is 0 Å². The maximum absolute atomic E-state index is 11.0. The smallest absolute Gasteiger partial charge is 0.267 e. The Morgan fingerprint density at radius 2 is 1.90 bits per heavy atom. The predicted octanol–water partition coefficient (Wildman–Crippen LogP) is 1.46. The third kappa shape index (κ3) is 4.83. The topological polar surface area (TPSA) is 79.5 Å². The Morgan fingerprint density at radius 1 is 1.38 bits per heavy atom. The minimum atomic E-state index is -1.64. The summed E-state index contributed by atoms with van der Waals surface area (Å²) in [6.07, 6.45) is 0. The first kappa shape index (κ1) is 19.6. The molecule has 1 unspecified atom stereocenters. The number of primary amides is 1. The third-order valence-corrected chi connectivity index (χ3v) is 2.92. The van der Waals surface area contributed by atoms with Gasteiger partial charge in [0, 0.05) is 13.1 Å². The van der Waals surface area contributed by atoms with Crippen LogP contribution in [0.4, 0.5) is 0 Å². The minimum absolute atomic E-state index is 0.0972. The molecule has 2 heterocycles. The van der Waals surface area contributed by atoms with Crippen molar-refractivity contribution in [1.82, 2.24) is 9.88 Å². The SMILES string of the molecule is CC.CC.[B]C(O)(c1cccc(C(N)=O)n1)N1CC(C)C1. The quantitative estimate of drug-likeness (QED) is 0.826. The molecule has 3 N–H and O–H groups in total. The van der Waals surface area contributed by atoms with Crippen LogP contribution < -0.4 is 5.73 Å². The van der Waals surface area contributed by atoms with Crippen LogP contribution in [0.25, 0.3) is 0 Å². The van der Waals surface area contributed by atoms with Gasteiger partial charge in [0.25, 0.3) is 5.91 Å². The zero-order valence-electron chi connectivity index (χ0n) is 13.6. The van der Waals surface area contributed by atoms with Gasteiger partial charge in [0.15, 0.2) is 0 Å². The maximum Gasteiger partial charge on any atom is 0.267 e. The summed E-state index contributed by atoms with van der Waals surface area (Å²) in [5, 5.41) is 10.2. The third-order valence-electron chi connectivity index (χ3n) is 2.92. The number of amides is 1. The summed E-state index contributed by atoms with van der Waals surface area (Å²) < 4.78 is 0. The van der Waals surface area contributed by atoms with Crippen molar-refractivity contribution in [1.29, 1.82) is 0 Å². The highest BCUT2D eigenvalue weighted by molar-refractivity contribution is 6.14. The van der Waals surface area contributed by atoms with E-state index in [1.165, 1.54) is 6.07 Å². The molecule has 0 aliphatic carbocycles. The second kappa shape index (κ2) is 8.80. The van der Waals surface area contributed by atoms with E-state index in [1.54, 1.807) is 17.0 Å². The molecule has 1 aromatic rings. The van der Waals surface area contributed by atoms with Crippen molar-refractivity contribution in [3.8, 4) is 0 Å². The van der Waals surface area contributed by atoms with E-state index >= 15 is 0 Å². The monoisotopic (exact) mass is 291 g/mol. The molecule has 0 saturated carbocycles. The lowest BCUT2D eigenvalue weighted by atomic mass is 9.81. The number of nitrogens with two attached hydrogens (primary N) is 1. The van der Waals surface area contributed by atoms with Crippen LogP contribution in [0, 0.1) is 5.92 Å². The lowest BCUT2D eigenvalue weighted by Gasteiger charge is -2.47. The molecule has 1 aliphatic heterocycles. The summed E-state index contributed by atoms with van der Waals surface area (Å²) in [5.74, 6) is -0.135. The van der Waals surface area contributed by atoms with Gasteiger partial charge in [-0.25, -0.2) is 4.98 Å². The van der Waals surface area contributed by atoms with E-state index in [2.05, 4.69) is 11.9 Å². The summed E-state index contributed by atoms with van der Waals surface area (Å²) >= 11 is 0. The zero-order valence-corrected chi connectivity index (χ0v) is 13.6. The van der Waals surface area contributed by atoms with Crippen LogP contribution in [0.5, 0.6) is 0 Å². The van der Waals surface area contributed by atoms with Gasteiger partial charge in [-0.05, 0) is 18.1 Å². The molecule has 0 bridgehead atoms. The fourth-order valence-corrected chi connectivity index (χ4v) is 1.92. The van der Waals surface area contributed by atoms with Gasteiger partial charge in [-0.1, -0.05) is 40.7 Å². The van der Waals surface area contributed by atoms with E-state index in [9.17, 15) is 9.90 Å². The molecule has 21 heavy (non-hydrogen) atoms. The van der Waals surface area contributed by atoms with Crippen molar-refractivity contribution in [2.24, 2.45) is 11.7 Å². The van der Waals surface area contributed by atoms with Gasteiger partial charge in [-0.15, -0.1) is 0 Å². The molecule has 5 nitrogen and oxygen atoms in total. The largest absolute Gasteiger partial charge is 0.379 e. The summed E-state index contributed by atoms with van der Waals surface area (Å²) in [5.41, 5.74) is 3.83. The molecule has 1 aliphatic rings. The molecule has 1 saturated heterocycles. The number of carbonyl (C=O) groups excluding carboxylic acids is 1. The number of nitrogens with zero attached hydrogens (tertiary/aromatic N) is 2. The summed E-state index contributed by atoms with van der Waals surface area (Å²) in [7, 11) is 5.84. The molecular weight excluding hydrogens is 265 g/mol. The van der Waals surface area contributed by atoms with Crippen molar-refractivity contribution >= 4 is 13.8 Å². The summed E-state index contributed by atoms with van der Waals surface area (Å²) in [6.45, 7) is 11.5. The highest BCUT2D eigenvalue weighted by atomic mass is 16.3. The molecule has 0 aromatic carbocycles. The van der Waals surface area contributed by atoms with Crippen LogP contribution >= 0.6 is 0 Å². The van der Waals surface area contributed by atoms with Crippen LogP contribution in [0.3, 0.4) is 0 Å². The van der Waals surface area contributed by atoms with Gasteiger partial charge in [0.2, 0.25) is 0 Å². The first-order chi connectivity index (χ1) is 9.91. The first-order valence-electron chi connectivity index (χ1n) is 7.45. The van der Waals surface area contributed by atoms with E-state index in [1.807, 2.05) is 27.7 Å². The molecule has 116 valence electrons. The Hall–Kier alpha value is -1.40. The Kier molecular flexibility index (Phi) is 8.21. The van der Waals surface area contributed by atoms with E-state index in [-0.39, 0.29) is 11.4 Å². The minimum Gasteiger partial charge on any atom is -0.379 e. The summed E-state index contributed by atoms with van der Waals surface area (Å²) in [4.78, 5) is 16.7. The van der Waals surface area contributed by atoms with Gasteiger partial charge in [-0.2, -0.15) is 0 Å². The predicted molar refractivity (Wildman–Crippen MR) is 85.8 cm³/mol. The number of carbonyl (C=O) groups is 1. The van der Waals surface area contributed by atoms with Crippen LogP contribution in [-0.4, -0.2) is 41.8 Å². The molecule has 1 atom stereocenters. The Morgan fingerprint density at radius 3 is 2.33 bits per heavy atom. The molecule has 1 amide bonds. The summed E-state index contributed by atoms with van der Waals surface area (Å²) in [6, 6.07) is 4.67. The standard InChI is InChI=1S/C11H14BN3O2.2C2H6/c1-7-5-15(6-7)11(12,17)9-4-2-3-8(14-9)10(13)16;2*1-2/h2-4,7,17H,5-6H2,1H3,(H2,13,16);2*1-2H3. The number of hydrogen-bond acceptors (Lipinski definition) is 4. The molecule has 1 fully saturated rings. The van der Waals surface area contributed by atoms with Crippen LogP contribution in [0.2, 0.25) is 0 Å². The van der Waals surface area contributed by atoms with Gasteiger partial charge in [-0.3, -0.25) is 9.69 Å². The van der Waals surface area contributed by atoms with Crippen molar-refractivity contribution in [3.05, 3.63) is 29.6 Å². The maximum atomic E-state index is 11.0. The number of hydrogen-bond donors (Lipinski definition) is 2. The fraction of sp³-hybridized carbons (Fsp3) is 0.600. The van der Waals surface area contributed by atoms with Gasteiger partial charge in [0.05, 0.1) is 5.69 Å². The van der Waals surface area contributed by atoms with Gasteiger partial charge in [0.1, 0.15) is 19.2 Å². The van der Waals surface area contributed by atoms with Crippen molar-refractivity contribution < 1.29 is 9.90 Å². The number of rotatable bonds is 3. The zero-order chi connectivity index (χ0) is 16.6. The molecular formula is C15H26BN3O2. The van der Waals surface area contributed by atoms with Crippen LogP contribution in [0.15, 0.2) is 18.2 Å². The van der Waals surface area contributed by atoms with Gasteiger partial charge < -0.3 is 10.8 Å². The second-order valence-corrected chi connectivity index (χ2v) is 4.51. The lowest BCUT2D eigenvalue weighted by molar-refractivity contribution is -0.102. The van der Waals surface area contributed by atoms with Crippen molar-refractivity contribution in [2.45, 2.75) is 40.2 Å².